The minimum atomic E-state index is 0.667. The molecular formula is C46H28N4O. The molecule has 0 N–H and O–H groups in total. The minimum absolute atomic E-state index is 0.667. The SMILES string of the molecule is c1ccc(-c2nc(-c3ccc(-c4cccc(-c5nc6ccccc6c6c5ccc5c7ccccc7oc56)c4)cc3)cc(-c3ccccn3)n2)cc1. The fourth-order valence-corrected chi connectivity index (χ4v) is 7.07. The molecule has 10 rings (SSSR count). The van der Waals surface area contributed by atoms with E-state index in [9.17, 15) is 0 Å². The second kappa shape index (κ2) is 11.9. The highest BCUT2D eigenvalue weighted by atomic mass is 16.3. The van der Waals surface area contributed by atoms with Gasteiger partial charge in [-0.3, -0.25) is 4.98 Å². The van der Waals surface area contributed by atoms with Crippen molar-refractivity contribution in [1.29, 1.82) is 0 Å². The highest BCUT2D eigenvalue weighted by Crippen LogP contribution is 2.41. The van der Waals surface area contributed by atoms with E-state index in [1.165, 1.54) is 0 Å². The van der Waals surface area contributed by atoms with Gasteiger partial charge in [-0.1, -0.05) is 121 Å². The summed E-state index contributed by atoms with van der Waals surface area (Å²) in [6.45, 7) is 0. The maximum atomic E-state index is 6.53. The van der Waals surface area contributed by atoms with E-state index in [0.29, 0.717) is 5.82 Å². The fourth-order valence-electron chi connectivity index (χ4n) is 7.07. The van der Waals surface area contributed by atoms with Gasteiger partial charge in [0.2, 0.25) is 0 Å². The van der Waals surface area contributed by atoms with Crippen LogP contribution in [0.5, 0.6) is 0 Å². The Kier molecular flexibility index (Phi) is 6.74. The lowest BCUT2D eigenvalue weighted by molar-refractivity contribution is 0.673. The molecule has 5 nitrogen and oxygen atoms in total. The molecule has 10 aromatic rings. The van der Waals surface area contributed by atoms with E-state index in [1.54, 1.807) is 6.20 Å². The van der Waals surface area contributed by atoms with E-state index in [1.807, 2.05) is 72.8 Å². The van der Waals surface area contributed by atoms with Gasteiger partial charge in [-0.05, 0) is 53.6 Å². The zero-order valence-corrected chi connectivity index (χ0v) is 27.4. The summed E-state index contributed by atoms with van der Waals surface area (Å²) in [7, 11) is 0. The number of hydrogen-bond donors (Lipinski definition) is 0. The van der Waals surface area contributed by atoms with E-state index in [2.05, 4.69) is 96.0 Å². The molecule has 0 fully saturated rings. The fraction of sp³-hybridized carbons (Fsp3) is 0. The molecule has 0 radical (unpaired) electrons. The Balaban J connectivity index is 1.07. The van der Waals surface area contributed by atoms with Gasteiger partial charge >= 0.3 is 0 Å². The molecule has 0 atom stereocenters. The lowest BCUT2D eigenvalue weighted by Gasteiger charge is -2.12. The Morgan fingerprint density at radius 2 is 1.10 bits per heavy atom. The van der Waals surface area contributed by atoms with Crippen LogP contribution in [-0.2, 0) is 0 Å². The summed E-state index contributed by atoms with van der Waals surface area (Å²) >= 11 is 0. The van der Waals surface area contributed by atoms with Gasteiger partial charge in [0.05, 0.1) is 28.3 Å². The van der Waals surface area contributed by atoms with Crippen molar-refractivity contribution in [2.45, 2.75) is 0 Å². The van der Waals surface area contributed by atoms with E-state index in [-0.39, 0.29) is 0 Å². The number of fused-ring (bicyclic) bond motifs is 7. The van der Waals surface area contributed by atoms with Gasteiger partial charge in [0.15, 0.2) is 5.82 Å². The van der Waals surface area contributed by atoms with Crippen molar-refractivity contribution in [2.24, 2.45) is 0 Å². The van der Waals surface area contributed by atoms with Crippen LogP contribution in [0, 0.1) is 0 Å². The molecule has 4 heterocycles. The molecule has 0 unspecified atom stereocenters. The van der Waals surface area contributed by atoms with Gasteiger partial charge in [-0.15, -0.1) is 0 Å². The summed E-state index contributed by atoms with van der Waals surface area (Å²) in [6.07, 6.45) is 1.79. The topological polar surface area (TPSA) is 64.7 Å². The first-order valence-corrected chi connectivity index (χ1v) is 17.0. The third-order valence-corrected chi connectivity index (χ3v) is 9.54. The maximum Gasteiger partial charge on any atom is 0.160 e. The van der Waals surface area contributed by atoms with Crippen LogP contribution in [-0.4, -0.2) is 19.9 Å². The summed E-state index contributed by atoms with van der Waals surface area (Å²) in [5.41, 5.74) is 11.3. The van der Waals surface area contributed by atoms with Crippen LogP contribution in [0.2, 0.25) is 0 Å². The van der Waals surface area contributed by atoms with Gasteiger partial charge in [-0.2, -0.15) is 0 Å². The first-order chi connectivity index (χ1) is 25.3. The first kappa shape index (κ1) is 29.0. The van der Waals surface area contributed by atoms with E-state index in [0.717, 1.165) is 94.2 Å². The average Bonchev–Trinajstić information content (AvgIpc) is 3.60. The largest absolute Gasteiger partial charge is 0.455 e. The second-order valence-corrected chi connectivity index (χ2v) is 12.6. The Bertz CT molecular complexity index is 2840. The standard InChI is InChI=1S/C46H28N4O/c1-2-11-31(12-3-1)46-49-40(28-41(50-46)39-18-8-9-26-47-39)30-22-20-29(21-23-30)32-13-10-14-33(27-32)44-37-25-24-35-34-15-5-7-19-42(34)51-45(35)43(37)36-16-4-6-17-38(36)48-44/h1-28H. The third-order valence-electron chi connectivity index (χ3n) is 9.54. The van der Waals surface area contributed by atoms with Crippen LogP contribution in [0.4, 0.5) is 0 Å². The number of hydrogen-bond acceptors (Lipinski definition) is 5. The average molecular weight is 653 g/mol. The van der Waals surface area contributed by atoms with E-state index in [4.69, 9.17) is 19.4 Å². The maximum absolute atomic E-state index is 6.53. The van der Waals surface area contributed by atoms with Crippen molar-refractivity contribution < 1.29 is 4.42 Å². The molecule has 0 saturated carbocycles. The number of benzene rings is 6. The monoisotopic (exact) mass is 652 g/mol. The smallest absolute Gasteiger partial charge is 0.160 e. The molecular weight excluding hydrogens is 625 g/mol. The van der Waals surface area contributed by atoms with Crippen LogP contribution >= 0.6 is 0 Å². The van der Waals surface area contributed by atoms with Crippen LogP contribution in [0.25, 0.3) is 100 Å². The number of furan rings is 1. The van der Waals surface area contributed by atoms with Crippen LogP contribution < -0.4 is 0 Å². The molecule has 0 amide bonds. The lowest BCUT2D eigenvalue weighted by atomic mass is 9.95. The zero-order chi connectivity index (χ0) is 33.7. The second-order valence-electron chi connectivity index (χ2n) is 12.6. The van der Waals surface area contributed by atoms with Crippen molar-refractivity contribution in [3.05, 3.63) is 170 Å². The highest BCUT2D eigenvalue weighted by molar-refractivity contribution is 6.24. The number of pyridine rings is 2. The van der Waals surface area contributed by atoms with Gasteiger partial charge in [-0.25, -0.2) is 15.0 Å². The molecule has 0 aliphatic carbocycles. The van der Waals surface area contributed by atoms with Crippen molar-refractivity contribution in [3.8, 4) is 56.4 Å². The summed E-state index contributed by atoms with van der Waals surface area (Å²) in [6, 6.07) is 56.1. The van der Waals surface area contributed by atoms with Crippen LogP contribution in [0.3, 0.4) is 0 Å². The molecule has 5 heteroatoms. The van der Waals surface area contributed by atoms with Gasteiger partial charge in [0.25, 0.3) is 0 Å². The summed E-state index contributed by atoms with van der Waals surface area (Å²) < 4.78 is 6.53. The van der Waals surface area contributed by atoms with Crippen molar-refractivity contribution in [1.82, 2.24) is 19.9 Å². The molecule has 0 aliphatic rings. The van der Waals surface area contributed by atoms with Crippen LogP contribution in [0.1, 0.15) is 0 Å². The summed E-state index contributed by atoms with van der Waals surface area (Å²) in [4.78, 5) is 19.7. The highest BCUT2D eigenvalue weighted by Gasteiger charge is 2.18. The Morgan fingerprint density at radius 1 is 0.392 bits per heavy atom. The molecule has 4 aromatic heterocycles. The Morgan fingerprint density at radius 3 is 1.96 bits per heavy atom. The quantitative estimate of drug-likeness (QED) is 0.173. The van der Waals surface area contributed by atoms with Crippen molar-refractivity contribution in [2.75, 3.05) is 0 Å². The zero-order valence-electron chi connectivity index (χ0n) is 27.4. The Hall–Kier alpha value is -6.98. The van der Waals surface area contributed by atoms with Gasteiger partial charge in [0.1, 0.15) is 11.2 Å². The molecule has 51 heavy (non-hydrogen) atoms. The van der Waals surface area contributed by atoms with Crippen LogP contribution in [0.15, 0.2) is 174 Å². The van der Waals surface area contributed by atoms with E-state index < -0.39 is 0 Å². The van der Waals surface area contributed by atoms with Crippen molar-refractivity contribution >= 4 is 43.6 Å². The third kappa shape index (κ3) is 5.03. The first-order valence-electron chi connectivity index (χ1n) is 17.0. The molecule has 6 aromatic carbocycles. The minimum Gasteiger partial charge on any atom is -0.455 e. The predicted octanol–water partition coefficient (Wildman–Crippen LogP) is 11.8. The number of aromatic nitrogens is 4. The number of rotatable bonds is 5. The van der Waals surface area contributed by atoms with Gasteiger partial charge in [0, 0.05) is 49.8 Å². The number of nitrogens with zero attached hydrogens (tertiary/aromatic N) is 4. The van der Waals surface area contributed by atoms with Crippen molar-refractivity contribution in [3.63, 3.8) is 0 Å². The molecule has 0 aliphatic heterocycles. The lowest BCUT2D eigenvalue weighted by Crippen LogP contribution is -1.96. The normalized spacial score (nSPS) is 11.5. The van der Waals surface area contributed by atoms with E-state index >= 15 is 0 Å². The molecule has 0 saturated heterocycles. The number of para-hydroxylation sites is 2. The summed E-state index contributed by atoms with van der Waals surface area (Å²) in [5.74, 6) is 0.667. The predicted molar refractivity (Wildman–Crippen MR) is 207 cm³/mol. The molecule has 0 bridgehead atoms. The summed E-state index contributed by atoms with van der Waals surface area (Å²) in [5, 5.41) is 5.46. The molecule has 238 valence electrons. The molecule has 0 spiro atoms. The Labute approximate surface area is 293 Å². The van der Waals surface area contributed by atoms with Gasteiger partial charge < -0.3 is 4.42 Å².